The van der Waals surface area contributed by atoms with E-state index in [2.05, 4.69) is 20.9 Å². The molecular weight excluding hydrogens is 294 g/mol. The Morgan fingerprint density at radius 3 is 2.67 bits per heavy atom. The second-order valence-corrected chi connectivity index (χ2v) is 4.85. The highest BCUT2D eigenvalue weighted by molar-refractivity contribution is 9.10. The van der Waals surface area contributed by atoms with Crippen LogP contribution in [0.15, 0.2) is 41.0 Å². The molecule has 0 saturated carbocycles. The van der Waals surface area contributed by atoms with Gasteiger partial charge in [-0.3, -0.25) is 9.78 Å². The van der Waals surface area contributed by atoms with E-state index in [9.17, 15) is 4.79 Å². The van der Waals surface area contributed by atoms with Crippen LogP contribution in [-0.2, 0) is 0 Å². The Kier molecular flexibility index (Phi) is 3.77. The Balaban J connectivity index is 2.35. The van der Waals surface area contributed by atoms with Crippen LogP contribution in [0.3, 0.4) is 0 Å². The molecule has 0 atom stereocenters. The van der Waals surface area contributed by atoms with Crippen molar-refractivity contribution in [3.05, 3.63) is 52.3 Å². The van der Waals surface area contributed by atoms with Crippen molar-refractivity contribution in [3.63, 3.8) is 0 Å². The second-order valence-electron chi connectivity index (χ2n) is 3.93. The smallest absolute Gasteiger partial charge is 0.163 e. The molecule has 0 aliphatic heterocycles. The van der Waals surface area contributed by atoms with Crippen LogP contribution < -0.4 is 4.74 Å². The van der Waals surface area contributed by atoms with Crippen molar-refractivity contribution < 1.29 is 9.53 Å². The second kappa shape index (κ2) is 5.31. The highest BCUT2D eigenvalue weighted by Gasteiger charge is 2.10. The van der Waals surface area contributed by atoms with E-state index >= 15 is 0 Å². The number of ketones is 1. The lowest BCUT2D eigenvalue weighted by Crippen LogP contribution is -1.97. The van der Waals surface area contributed by atoms with Gasteiger partial charge in [0.15, 0.2) is 5.78 Å². The summed E-state index contributed by atoms with van der Waals surface area (Å²) in [6.45, 7) is 3.42. The molecule has 0 radical (unpaired) electrons. The fraction of sp³-hybridized carbons (Fsp3) is 0.143. The first-order valence-corrected chi connectivity index (χ1v) is 6.26. The summed E-state index contributed by atoms with van der Waals surface area (Å²) in [6.07, 6.45) is 1.64. The molecule has 0 aliphatic carbocycles. The van der Waals surface area contributed by atoms with Gasteiger partial charge in [0.05, 0.1) is 11.8 Å². The van der Waals surface area contributed by atoms with E-state index in [0.717, 1.165) is 10.2 Å². The number of hydrogen-bond donors (Lipinski definition) is 0. The van der Waals surface area contributed by atoms with Gasteiger partial charge >= 0.3 is 0 Å². The van der Waals surface area contributed by atoms with Crippen molar-refractivity contribution in [1.82, 2.24) is 4.98 Å². The number of ether oxygens (including phenoxy) is 1. The molecule has 0 amide bonds. The molecule has 0 N–H and O–H groups in total. The van der Waals surface area contributed by atoms with Crippen LogP contribution in [0, 0.1) is 6.92 Å². The molecule has 0 bridgehead atoms. The quantitative estimate of drug-likeness (QED) is 0.800. The summed E-state index contributed by atoms with van der Waals surface area (Å²) in [4.78, 5) is 15.7. The minimum Gasteiger partial charge on any atom is -0.455 e. The first-order valence-electron chi connectivity index (χ1n) is 5.47. The van der Waals surface area contributed by atoms with Crippen molar-refractivity contribution >= 4 is 21.7 Å². The molecule has 2 rings (SSSR count). The third-order valence-corrected chi connectivity index (χ3v) is 2.93. The van der Waals surface area contributed by atoms with Gasteiger partial charge < -0.3 is 4.74 Å². The van der Waals surface area contributed by atoms with E-state index in [1.165, 1.54) is 6.92 Å². The van der Waals surface area contributed by atoms with E-state index in [0.29, 0.717) is 17.1 Å². The third kappa shape index (κ3) is 2.96. The number of carbonyl (C=O) groups is 1. The zero-order chi connectivity index (χ0) is 13.1. The van der Waals surface area contributed by atoms with Gasteiger partial charge in [-0.1, -0.05) is 15.9 Å². The summed E-state index contributed by atoms with van der Waals surface area (Å²) >= 11 is 3.36. The van der Waals surface area contributed by atoms with Gasteiger partial charge in [-0.05, 0) is 44.2 Å². The Morgan fingerprint density at radius 1 is 1.28 bits per heavy atom. The molecule has 3 nitrogen and oxygen atoms in total. The number of rotatable bonds is 3. The SMILES string of the molecule is CC(=O)c1ccc(Br)cc1Oc1ccc(C)nc1. The molecular formula is C14H12BrNO2. The summed E-state index contributed by atoms with van der Waals surface area (Å²) in [6, 6.07) is 9.02. The highest BCUT2D eigenvalue weighted by Crippen LogP contribution is 2.28. The maximum atomic E-state index is 11.5. The maximum Gasteiger partial charge on any atom is 0.163 e. The van der Waals surface area contributed by atoms with Crippen LogP contribution in [-0.4, -0.2) is 10.8 Å². The van der Waals surface area contributed by atoms with Crippen LogP contribution in [0.1, 0.15) is 23.0 Å². The fourth-order valence-electron chi connectivity index (χ4n) is 1.51. The predicted molar refractivity (Wildman–Crippen MR) is 73.2 cm³/mol. The molecule has 92 valence electrons. The number of aromatic nitrogens is 1. The topological polar surface area (TPSA) is 39.2 Å². The van der Waals surface area contributed by atoms with Gasteiger partial charge in [-0.15, -0.1) is 0 Å². The number of benzene rings is 1. The number of nitrogens with zero attached hydrogens (tertiary/aromatic N) is 1. The minimum absolute atomic E-state index is 0.0300. The Morgan fingerprint density at radius 2 is 2.06 bits per heavy atom. The Hall–Kier alpha value is -1.68. The predicted octanol–water partition coefficient (Wildman–Crippen LogP) is 4.15. The van der Waals surface area contributed by atoms with E-state index in [1.807, 2.05) is 25.1 Å². The summed E-state index contributed by atoms with van der Waals surface area (Å²) in [5, 5.41) is 0. The molecule has 0 spiro atoms. The van der Waals surface area contributed by atoms with Gasteiger partial charge in [0, 0.05) is 10.2 Å². The Labute approximate surface area is 114 Å². The van der Waals surface area contributed by atoms with Gasteiger partial charge in [-0.2, -0.15) is 0 Å². The van der Waals surface area contributed by atoms with Gasteiger partial charge in [0.25, 0.3) is 0 Å². The van der Waals surface area contributed by atoms with Crippen molar-refractivity contribution in [2.75, 3.05) is 0 Å². The van der Waals surface area contributed by atoms with E-state index in [4.69, 9.17) is 4.74 Å². The minimum atomic E-state index is -0.0300. The lowest BCUT2D eigenvalue weighted by Gasteiger charge is -2.09. The number of hydrogen-bond acceptors (Lipinski definition) is 3. The average Bonchev–Trinajstić information content (AvgIpc) is 2.32. The summed E-state index contributed by atoms with van der Waals surface area (Å²) in [5.41, 5.74) is 1.47. The molecule has 4 heteroatoms. The normalized spacial score (nSPS) is 10.2. The van der Waals surface area contributed by atoms with Gasteiger partial charge in [0.2, 0.25) is 0 Å². The first kappa shape index (κ1) is 12.8. The van der Waals surface area contributed by atoms with Crippen molar-refractivity contribution in [1.29, 1.82) is 0 Å². The summed E-state index contributed by atoms with van der Waals surface area (Å²) < 4.78 is 6.56. The van der Waals surface area contributed by atoms with E-state index in [1.54, 1.807) is 18.3 Å². The summed E-state index contributed by atoms with van der Waals surface area (Å²) in [7, 11) is 0. The van der Waals surface area contributed by atoms with E-state index in [-0.39, 0.29) is 5.78 Å². The molecule has 1 heterocycles. The number of aryl methyl sites for hydroxylation is 1. The van der Waals surface area contributed by atoms with Gasteiger partial charge in [-0.25, -0.2) is 0 Å². The van der Waals surface area contributed by atoms with Crippen LogP contribution in [0.4, 0.5) is 0 Å². The molecule has 2 aromatic rings. The van der Waals surface area contributed by atoms with Crippen LogP contribution in [0.5, 0.6) is 11.5 Å². The number of carbonyl (C=O) groups excluding carboxylic acids is 1. The molecule has 0 unspecified atom stereocenters. The molecule has 18 heavy (non-hydrogen) atoms. The monoisotopic (exact) mass is 305 g/mol. The summed E-state index contributed by atoms with van der Waals surface area (Å²) in [5.74, 6) is 1.11. The van der Waals surface area contributed by atoms with Gasteiger partial charge in [0.1, 0.15) is 11.5 Å². The lowest BCUT2D eigenvalue weighted by molar-refractivity contribution is 0.101. The largest absolute Gasteiger partial charge is 0.455 e. The van der Waals surface area contributed by atoms with Crippen LogP contribution in [0.2, 0.25) is 0 Å². The van der Waals surface area contributed by atoms with Crippen LogP contribution >= 0.6 is 15.9 Å². The number of pyridine rings is 1. The van der Waals surface area contributed by atoms with Crippen molar-refractivity contribution in [2.24, 2.45) is 0 Å². The number of Topliss-reactive ketones (excluding diaryl/α,β-unsaturated/α-hetero) is 1. The lowest BCUT2D eigenvalue weighted by atomic mass is 10.1. The van der Waals surface area contributed by atoms with Crippen molar-refractivity contribution in [2.45, 2.75) is 13.8 Å². The molecule has 0 aliphatic rings. The zero-order valence-electron chi connectivity index (χ0n) is 10.1. The zero-order valence-corrected chi connectivity index (χ0v) is 11.7. The number of halogens is 1. The fourth-order valence-corrected chi connectivity index (χ4v) is 1.85. The first-order chi connectivity index (χ1) is 8.56. The molecule has 0 fully saturated rings. The maximum absolute atomic E-state index is 11.5. The highest BCUT2D eigenvalue weighted by atomic mass is 79.9. The van der Waals surface area contributed by atoms with Crippen LogP contribution in [0.25, 0.3) is 0 Å². The molecule has 1 aromatic heterocycles. The average molecular weight is 306 g/mol. The molecule has 1 aromatic carbocycles. The van der Waals surface area contributed by atoms with Crippen molar-refractivity contribution in [3.8, 4) is 11.5 Å². The Bertz CT molecular complexity index is 579. The standard InChI is InChI=1S/C14H12BrNO2/c1-9-3-5-12(8-16-9)18-14-7-11(15)4-6-13(14)10(2)17/h3-8H,1-2H3. The molecule has 0 saturated heterocycles. The van der Waals surface area contributed by atoms with E-state index < -0.39 is 0 Å². The third-order valence-electron chi connectivity index (χ3n) is 2.43.